The molecule has 0 unspecified atom stereocenters. The first-order valence-electron chi connectivity index (χ1n) is 7.16. The third-order valence-electron chi connectivity index (χ3n) is 3.23. The molecule has 1 aromatic rings. The van der Waals surface area contributed by atoms with E-state index >= 15 is 0 Å². The quantitative estimate of drug-likeness (QED) is 0.788. The minimum atomic E-state index is -0.509. The van der Waals surface area contributed by atoms with Gasteiger partial charge in [-0.05, 0) is 44.0 Å². The smallest absolute Gasteiger partial charge is 0.410 e. The molecule has 5 heteroatoms. The molecule has 0 fully saturated rings. The summed E-state index contributed by atoms with van der Waals surface area (Å²) in [7, 11) is 1.36. The van der Waals surface area contributed by atoms with E-state index in [1.807, 2.05) is 32.9 Å². The van der Waals surface area contributed by atoms with Crippen LogP contribution in [0.1, 0.15) is 36.7 Å². The van der Waals surface area contributed by atoms with Gasteiger partial charge in [-0.1, -0.05) is 18.2 Å². The number of amides is 1. The monoisotopic (exact) mass is 303 g/mol. The fourth-order valence-corrected chi connectivity index (χ4v) is 2.19. The van der Waals surface area contributed by atoms with Gasteiger partial charge in [0.2, 0.25) is 0 Å². The summed E-state index contributed by atoms with van der Waals surface area (Å²) < 4.78 is 10.1. The zero-order chi connectivity index (χ0) is 16.3. The number of ether oxygens (including phenoxy) is 2. The van der Waals surface area contributed by atoms with Gasteiger partial charge in [-0.25, -0.2) is 9.59 Å². The van der Waals surface area contributed by atoms with Crippen molar-refractivity contribution >= 4 is 17.6 Å². The lowest BCUT2D eigenvalue weighted by Gasteiger charge is -2.24. The molecule has 0 spiro atoms. The minimum absolute atomic E-state index is 0.331. The van der Waals surface area contributed by atoms with E-state index in [0.717, 1.165) is 11.1 Å². The minimum Gasteiger partial charge on any atom is -0.465 e. The van der Waals surface area contributed by atoms with Crippen molar-refractivity contribution in [3.05, 3.63) is 41.5 Å². The topological polar surface area (TPSA) is 55.8 Å². The molecule has 0 radical (unpaired) electrons. The highest BCUT2D eigenvalue weighted by atomic mass is 16.6. The highest BCUT2D eigenvalue weighted by molar-refractivity contribution is 5.90. The summed E-state index contributed by atoms with van der Waals surface area (Å²) in [5.74, 6) is -0.371. The van der Waals surface area contributed by atoms with Gasteiger partial charge in [0.05, 0.1) is 12.7 Å². The molecule has 2 rings (SSSR count). The highest BCUT2D eigenvalue weighted by Gasteiger charge is 2.25. The van der Waals surface area contributed by atoms with Crippen LogP contribution >= 0.6 is 0 Å². The van der Waals surface area contributed by atoms with Crippen LogP contribution in [-0.2, 0) is 9.47 Å². The lowest BCUT2D eigenvalue weighted by molar-refractivity contribution is 0.0306. The van der Waals surface area contributed by atoms with Crippen LogP contribution in [0.25, 0.3) is 5.57 Å². The summed E-state index contributed by atoms with van der Waals surface area (Å²) in [5.41, 5.74) is 1.90. The summed E-state index contributed by atoms with van der Waals surface area (Å²) in [6.45, 7) is 6.51. The maximum Gasteiger partial charge on any atom is 0.410 e. The van der Waals surface area contributed by atoms with Gasteiger partial charge in [0.15, 0.2) is 0 Å². The van der Waals surface area contributed by atoms with Crippen molar-refractivity contribution in [3.8, 4) is 0 Å². The van der Waals surface area contributed by atoms with Crippen LogP contribution in [0.15, 0.2) is 30.3 Å². The van der Waals surface area contributed by atoms with Gasteiger partial charge in [0.25, 0.3) is 0 Å². The second kappa shape index (κ2) is 6.22. The maximum atomic E-state index is 12.1. The van der Waals surface area contributed by atoms with Gasteiger partial charge in [-0.15, -0.1) is 0 Å². The predicted molar refractivity (Wildman–Crippen MR) is 83.6 cm³/mol. The maximum absolute atomic E-state index is 12.1. The Morgan fingerprint density at radius 1 is 1.23 bits per heavy atom. The number of nitrogens with zero attached hydrogens (tertiary/aromatic N) is 1. The summed E-state index contributed by atoms with van der Waals surface area (Å²) in [6, 6.07) is 7.20. The van der Waals surface area contributed by atoms with E-state index in [0.29, 0.717) is 18.7 Å². The highest BCUT2D eigenvalue weighted by Crippen LogP contribution is 2.23. The zero-order valence-electron chi connectivity index (χ0n) is 13.4. The Morgan fingerprint density at radius 3 is 2.59 bits per heavy atom. The molecule has 118 valence electrons. The third kappa shape index (κ3) is 3.87. The number of hydrogen-bond acceptors (Lipinski definition) is 4. The first kappa shape index (κ1) is 16.1. The van der Waals surface area contributed by atoms with Gasteiger partial charge in [0.1, 0.15) is 5.60 Å². The SMILES string of the molecule is COC(=O)c1cccc(C2=CCN(C(=O)OC(C)(C)C)C2)c1. The van der Waals surface area contributed by atoms with E-state index < -0.39 is 5.60 Å². The van der Waals surface area contributed by atoms with Gasteiger partial charge in [-0.3, -0.25) is 0 Å². The molecule has 1 heterocycles. The molecule has 0 N–H and O–H groups in total. The molecule has 0 aromatic heterocycles. The third-order valence-corrected chi connectivity index (χ3v) is 3.23. The number of benzene rings is 1. The van der Waals surface area contributed by atoms with E-state index in [2.05, 4.69) is 0 Å². The molecule has 5 nitrogen and oxygen atoms in total. The average Bonchev–Trinajstić information content (AvgIpc) is 2.95. The number of hydrogen-bond donors (Lipinski definition) is 0. The molecular weight excluding hydrogens is 282 g/mol. The van der Waals surface area contributed by atoms with Gasteiger partial charge in [0, 0.05) is 13.1 Å². The van der Waals surface area contributed by atoms with Gasteiger partial charge < -0.3 is 14.4 Å². The molecule has 1 aromatic carbocycles. The molecule has 0 saturated heterocycles. The molecule has 0 atom stereocenters. The van der Waals surface area contributed by atoms with Crippen molar-refractivity contribution in [1.82, 2.24) is 4.90 Å². The van der Waals surface area contributed by atoms with Gasteiger partial charge >= 0.3 is 12.1 Å². The van der Waals surface area contributed by atoms with Crippen LogP contribution in [-0.4, -0.2) is 42.8 Å². The van der Waals surface area contributed by atoms with E-state index in [4.69, 9.17) is 9.47 Å². The Balaban J connectivity index is 2.07. The van der Waals surface area contributed by atoms with Crippen molar-refractivity contribution in [2.75, 3.05) is 20.2 Å². The van der Waals surface area contributed by atoms with E-state index in [1.165, 1.54) is 7.11 Å². The average molecular weight is 303 g/mol. The second-order valence-electron chi connectivity index (χ2n) is 6.16. The van der Waals surface area contributed by atoms with Crippen LogP contribution in [0.5, 0.6) is 0 Å². The van der Waals surface area contributed by atoms with Crippen molar-refractivity contribution in [3.63, 3.8) is 0 Å². The number of carbonyl (C=O) groups is 2. The number of methoxy groups -OCH3 is 1. The Morgan fingerprint density at radius 2 is 1.95 bits per heavy atom. The lowest BCUT2D eigenvalue weighted by atomic mass is 10.0. The Bertz CT molecular complexity index is 613. The fourth-order valence-electron chi connectivity index (χ4n) is 2.19. The van der Waals surface area contributed by atoms with Crippen molar-refractivity contribution in [2.45, 2.75) is 26.4 Å². The Labute approximate surface area is 130 Å². The molecule has 0 aliphatic carbocycles. The fraction of sp³-hybridized carbons (Fsp3) is 0.412. The van der Waals surface area contributed by atoms with Crippen LogP contribution in [0, 0.1) is 0 Å². The van der Waals surface area contributed by atoms with Crippen molar-refractivity contribution in [1.29, 1.82) is 0 Å². The van der Waals surface area contributed by atoms with Crippen molar-refractivity contribution in [2.24, 2.45) is 0 Å². The number of rotatable bonds is 2. The summed E-state index contributed by atoms with van der Waals surface area (Å²) in [5, 5.41) is 0. The molecular formula is C17H21NO4. The standard InChI is InChI=1S/C17H21NO4/c1-17(2,3)22-16(20)18-9-8-14(11-18)12-6-5-7-13(10-12)15(19)21-4/h5-8,10H,9,11H2,1-4H3. The first-order chi connectivity index (χ1) is 10.3. The van der Waals surface area contributed by atoms with E-state index in [9.17, 15) is 9.59 Å². The molecule has 1 aliphatic rings. The van der Waals surface area contributed by atoms with Crippen LogP contribution in [0.3, 0.4) is 0 Å². The van der Waals surface area contributed by atoms with Crippen LogP contribution in [0.2, 0.25) is 0 Å². The second-order valence-corrected chi connectivity index (χ2v) is 6.16. The zero-order valence-corrected chi connectivity index (χ0v) is 13.4. The molecule has 1 amide bonds. The Kier molecular flexibility index (Phi) is 4.54. The predicted octanol–water partition coefficient (Wildman–Crippen LogP) is 3.11. The Hall–Kier alpha value is -2.30. The molecule has 22 heavy (non-hydrogen) atoms. The normalized spacial score (nSPS) is 14.5. The van der Waals surface area contributed by atoms with Gasteiger partial charge in [-0.2, -0.15) is 0 Å². The molecule has 1 aliphatic heterocycles. The largest absolute Gasteiger partial charge is 0.465 e. The van der Waals surface area contributed by atoms with Crippen molar-refractivity contribution < 1.29 is 19.1 Å². The summed E-state index contributed by atoms with van der Waals surface area (Å²) in [4.78, 5) is 25.3. The summed E-state index contributed by atoms with van der Waals surface area (Å²) >= 11 is 0. The van der Waals surface area contributed by atoms with Crippen LogP contribution in [0.4, 0.5) is 4.79 Å². The van der Waals surface area contributed by atoms with E-state index in [1.54, 1.807) is 23.1 Å². The summed E-state index contributed by atoms with van der Waals surface area (Å²) in [6.07, 6.45) is 1.64. The van der Waals surface area contributed by atoms with E-state index in [-0.39, 0.29) is 12.1 Å². The number of esters is 1. The molecule has 0 bridgehead atoms. The lowest BCUT2D eigenvalue weighted by Crippen LogP contribution is -2.35. The number of carbonyl (C=O) groups excluding carboxylic acids is 2. The molecule has 0 saturated carbocycles. The van der Waals surface area contributed by atoms with Crippen LogP contribution < -0.4 is 0 Å². The first-order valence-corrected chi connectivity index (χ1v) is 7.16.